The van der Waals surface area contributed by atoms with Gasteiger partial charge in [-0.15, -0.1) is 11.3 Å². The molecule has 1 aromatic heterocycles. The van der Waals surface area contributed by atoms with E-state index in [1.165, 1.54) is 10.4 Å². The summed E-state index contributed by atoms with van der Waals surface area (Å²) in [4.78, 5) is 20.4. The number of hydrogen-bond donors (Lipinski definition) is 0. The molecule has 0 spiro atoms. The van der Waals surface area contributed by atoms with Gasteiger partial charge in [0.25, 0.3) is 0 Å². The van der Waals surface area contributed by atoms with E-state index < -0.39 is 0 Å². The van der Waals surface area contributed by atoms with Crippen LogP contribution in [-0.2, 0) is 17.8 Å². The van der Waals surface area contributed by atoms with Crippen molar-refractivity contribution in [3.63, 3.8) is 0 Å². The first-order valence-corrected chi connectivity index (χ1v) is 9.58. The van der Waals surface area contributed by atoms with Crippen LogP contribution in [0.2, 0.25) is 0 Å². The van der Waals surface area contributed by atoms with Crippen molar-refractivity contribution in [1.82, 2.24) is 9.88 Å². The monoisotopic (exact) mass is 360 g/mol. The molecule has 0 unspecified atom stereocenters. The fourth-order valence-corrected chi connectivity index (χ4v) is 4.17. The second-order valence-electron chi connectivity index (χ2n) is 6.51. The normalized spacial score (nSPS) is 13.8. The summed E-state index contributed by atoms with van der Waals surface area (Å²) >= 11 is 1.70. The van der Waals surface area contributed by atoms with Crippen molar-refractivity contribution in [2.24, 2.45) is 0 Å². The van der Waals surface area contributed by atoms with Crippen LogP contribution in [0, 0.1) is 6.92 Å². The van der Waals surface area contributed by atoms with Crippen LogP contribution in [0.15, 0.2) is 60.7 Å². The van der Waals surface area contributed by atoms with Gasteiger partial charge in [0.15, 0.2) is 0 Å². The molecule has 0 saturated carbocycles. The molecular formula is C22H20N2OS. The molecule has 4 heteroatoms. The number of fused-ring (bicyclic) bond motifs is 1. The van der Waals surface area contributed by atoms with Crippen LogP contribution >= 0.6 is 11.3 Å². The molecule has 1 amide bonds. The predicted molar refractivity (Wildman–Crippen MR) is 107 cm³/mol. The number of aryl methyl sites for hydroxylation is 1. The highest BCUT2D eigenvalue weighted by atomic mass is 32.1. The van der Waals surface area contributed by atoms with Crippen molar-refractivity contribution in [2.45, 2.75) is 19.9 Å². The predicted octanol–water partition coefficient (Wildman–Crippen LogP) is 4.72. The second-order valence-corrected chi connectivity index (χ2v) is 7.59. The van der Waals surface area contributed by atoms with Gasteiger partial charge in [0.1, 0.15) is 5.01 Å². The Kier molecular flexibility index (Phi) is 4.67. The quantitative estimate of drug-likeness (QED) is 0.634. The van der Waals surface area contributed by atoms with Crippen LogP contribution in [0.25, 0.3) is 16.6 Å². The van der Waals surface area contributed by atoms with Crippen LogP contribution in [0.3, 0.4) is 0 Å². The minimum atomic E-state index is 0.0600. The Morgan fingerprint density at radius 3 is 2.65 bits per heavy atom. The van der Waals surface area contributed by atoms with E-state index >= 15 is 0 Å². The smallest absolute Gasteiger partial charge is 0.246 e. The maximum atomic E-state index is 12.5. The number of thiazole rings is 1. The Hall–Kier alpha value is -2.72. The Morgan fingerprint density at radius 1 is 1.12 bits per heavy atom. The van der Waals surface area contributed by atoms with Gasteiger partial charge in [-0.3, -0.25) is 4.79 Å². The molecule has 1 aliphatic heterocycles. The molecule has 26 heavy (non-hydrogen) atoms. The van der Waals surface area contributed by atoms with E-state index in [2.05, 4.69) is 31.2 Å². The molecule has 3 aromatic rings. The molecule has 0 N–H and O–H groups in total. The van der Waals surface area contributed by atoms with Gasteiger partial charge >= 0.3 is 0 Å². The van der Waals surface area contributed by atoms with Gasteiger partial charge in [0.2, 0.25) is 5.91 Å². The largest absolute Gasteiger partial charge is 0.334 e. The highest BCUT2D eigenvalue weighted by molar-refractivity contribution is 7.15. The molecular weight excluding hydrogens is 340 g/mol. The first kappa shape index (κ1) is 16.7. The number of nitrogens with zero attached hydrogens (tertiary/aromatic N) is 2. The summed E-state index contributed by atoms with van der Waals surface area (Å²) in [6.45, 7) is 3.46. The Bertz CT molecular complexity index is 942. The Balaban J connectivity index is 1.48. The molecule has 4 rings (SSSR count). The Morgan fingerprint density at radius 2 is 1.88 bits per heavy atom. The van der Waals surface area contributed by atoms with E-state index in [0.717, 1.165) is 34.8 Å². The van der Waals surface area contributed by atoms with Crippen molar-refractivity contribution in [2.75, 3.05) is 6.54 Å². The van der Waals surface area contributed by atoms with Crippen LogP contribution in [-0.4, -0.2) is 22.3 Å². The zero-order chi connectivity index (χ0) is 17.9. The number of hydrogen-bond acceptors (Lipinski definition) is 3. The molecule has 3 nitrogen and oxygen atoms in total. The molecule has 130 valence electrons. The fraction of sp³-hybridized carbons (Fsp3) is 0.182. The van der Waals surface area contributed by atoms with E-state index in [0.29, 0.717) is 6.54 Å². The van der Waals surface area contributed by atoms with Crippen LogP contribution in [0.4, 0.5) is 0 Å². The first-order valence-electron chi connectivity index (χ1n) is 8.77. The summed E-state index contributed by atoms with van der Waals surface area (Å²) in [6.07, 6.45) is 4.37. The van der Waals surface area contributed by atoms with E-state index in [-0.39, 0.29) is 5.91 Å². The summed E-state index contributed by atoms with van der Waals surface area (Å²) in [5, 5.41) is 1.05. The third-order valence-electron chi connectivity index (χ3n) is 4.56. The Labute approximate surface area is 157 Å². The number of rotatable bonds is 3. The average Bonchev–Trinajstić information content (AvgIpc) is 3.10. The molecule has 2 aromatic carbocycles. The lowest BCUT2D eigenvalue weighted by molar-refractivity contribution is -0.126. The fourth-order valence-electron chi connectivity index (χ4n) is 3.04. The van der Waals surface area contributed by atoms with Gasteiger partial charge in [-0.05, 0) is 18.6 Å². The number of benzene rings is 2. The van der Waals surface area contributed by atoms with E-state index in [1.54, 1.807) is 17.4 Å². The SMILES string of the molecule is Cc1ccc(-c2nc3c(s2)CN(C(=O)C=Cc2ccccc2)CC3)cc1. The molecule has 0 saturated heterocycles. The zero-order valence-electron chi connectivity index (χ0n) is 14.7. The number of carbonyl (C=O) groups is 1. The van der Waals surface area contributed by atoms with E-state index in [9.17, 15) is 4.79 Å². The van der Waals surface area contributed by atoms with Gasteiger partial charge < -0.3 is 4.90 Å². The maximum Gasteiger partial charge on any atom is 0.246 e. The molecule has 0 aliphatic carbocycles. The minimum absolute atomic E-state index is 0.0600. The lowest BCUT2D eigenvalue weighted by atomic mass is 10.1. The second kappa shape index (κ2) is 7.26. The molecule has 1 aliphatic rings. The van der Waals surface area contributed by atoms with Crippen molar-refractivity contribution in [1.29, 1.82) is 0 Å². The lowest BCUT2D eigenvalue weighted by Crippen LogP contribution is -2.34. The number of carbonyl (C=O) groups excluding carboxylic acids is 1. The van der Waals surface area contributed by atoms with Crippen LogP contribution in [0.5, 0.6) is 0 Å². The lowest BCUT2D eigenvalue weighted by Gasteiger charge is -2.24. The molecule has 0 atom stereocenters. The van der Waals surface area contributed by atoms with Crippen molar-refractivity contribution in [3.05, 3.63) is 82.4 Å². The molecule has 0 fully saturated rings. The van der Waals surface area contributed by atoms with Crippen molar-refractivity contribution >= 4 is 23.3 Å². The van der Waals surface area contributed by atoms with Gasteiger partial charge in [-0.2, -0.15) is 0 Å². The van der Waals surface area contributed by atoms with Crippen molar-refractivity contribution in [3.8, 4) is 10.6 Å². The summed E-state index contributed by atoms with van der Waals surface area (Å²) in [6, 6.07) is 18.4. The summed E-state index contributed by atoms with van der Waals surface area (Å²) in [5.41, 5.74) is 4.58. The third kappa shape index (κ3) is 3.60. The summed E-state index contributed by atoms with van der Waals surface area (Å²) in [5.74, 6) is 0.0600. The summed E-state index contributed by atoms with van der Waals surface area (Å²) < 4.78 is 0. The van der Waals surface area contributed by atoms with Crippen molar-refractivity contribution < 1.29 is 4.79 Å². The van der Waals surface area contributed by atoms with Crippen LogP contribution < -0.4 is 0 Å². The average molecular weight is 360 g/mol. The van der Waals surface area contributed by atoms with Gasteiger partial charge in [0, 0.05) is 29.5 Å². The molecule has 0 bridgehead atoms. The van der Waals surface area contributed by atoms with Gasteiger partial charge in [-0.1, -0.05) is 60.2 Å². The molecule has 2 heterocycles. The topological polar surface area (TPSA) is 33.2 Å². The van der Waals surface area contributed by atoms with E-state index in [1.807, 2.05) is 41.3 Å². The van der Waals surface area contributed by atoms with Gasteiger partial charge in [-0.25, -0.2) is 4.98 Å². The number of amides is 1. The first-order chi connectivity index (χ1) is 12.7. The molecule has 0 radical (unpaired) electrons. The maximum absolute atomic E-state index is 12.5. The van der Waals surface area contributed by atoms with Crippen LogP contribution in [0.1, 0.15) is 21.7 Å². The zero-order valence-corrected chi connectivity index (χ0v) is 15.5. The number of aromatic nitrogens is 1. The third-order valence-corrected chi connectivity index (χ3v) is 5.69. The highest BCUT2D eigenvalue weighted by Gasteiger charge is 2.23. The standard InChI is InChI=1S/C22H20N2OS/c1-16-7-10-18(11-8-16)22-23-19-13-14-24(15-20(19)26-22)21(25)12-9-17-5-3-2-4-6-17/h2-12H,13-15H2,1H3. The van der Waals surface area contributed by atoms with E-state index in [4.69, 9.17) is 4.98 Å². The highest BCUT2D eigenvalue weighted by Crippen LogP contribution is 2.31. The summed E-state index contributed by atoms with van der Waals surface area (Å²) in [7, 11) is 0. The minimum Gasteiger partial charge on any atom is -0.334 e. The van der Waals surface area contributed by atoms with Gasteiger partial charge in [0.05, 0.1) is 12.2 Å².